The molecule has 1 aromatic heterocycles. The molecular formula is C22H31N5O2SSi. The molecule has 0 bridgehead atoms. The number of nitrogens with zero attached hydrogens (tertiary/aromatic N) is 2. The standard InChI is InChI=1S/C22H31N5O2SSi/c1-22(2,3)31(6,7)20-12-15(8-11-19(20)30(23,28)24-4)27-21-17-10-9-16(29-5)13-18(17)25-14-26-21/h8-14H,1-7H3,(H2,23,24,28)(H,25,26,27). The van der Waals surface area contributed by atoms with Crippen LogP contribution in [-0.4, -0.2) is 36.4 Å². The van der Waals surface area contributed by atoms with Gasteiger partial charge in [-0.3, -0.25) is 0 Å². The second-order valence-electron chi connectivity index (χ2n) is 9.08. The number of anilines is 2. The van der Waals surface area contributed by atoms with E-state index >= 15 is 0 Å². The molecule has 3 rings (SSSR count). The summed E-state index contributed by atoms with van der Waals surface area (Å²) >= 11 is 0. The summed E-state index contributed by atoms with van der Waals surface area (Å²) in [5.41, 5.74) is 1.62. The quantitative estimate of drug-likeness (QED) is 0.468. The first-order chi connectivity index (χ1) is 14.4. The minimum absolute atomic E-state index is 0.0157. The van der Waals surface area contributed by atoms with Gasteiger partial charge in [0, 0.05) is 17.1 Å². The van der Waals surface area contributed by atoms with E-state index in [1.807, 2.05) is 30.3 Å². The minimum Gasteiger partial charge on any atom is -0.497 e. The summed E-state index contributed by atoms with van der Waals surface area (Å²) in [5.74, 6) is 1.42. The van der Waals surface area contributed by atoms with Crippen molar-refractivity contribution in [3.8, 4) is 5.75 Å². The Morgan fingerprint density at radius 3 is 2.42 bits per heavy atom. The number of hydrogen-bond acceptors (Lipinski definition) is 6. The monoisotopic (exact) mass is 457 g/mol. The predicted octanol–water partition coefficient (Wildman–Crippen LogP) is 4.64. The lowest BCUT2D eigenvalue weighted by molar-refractivity contribution is 0.415. The average Bonchev–Trinajstić information content (AvgIpc) is 2.72. The second kappa shape index (κ2) is 8.21. The van der Waals surface area contributed by atoms with E-state index in [-0.39, 0.29) is 5.04 Å². The molecule has 1 unspecified atom stereocenters. The smallest absolute Gasteiger partial charge is 0.141 e. The molecule has 0 amide bonds. The molecule has 166 valence electrons. The van der Waals surface area contributed by atoms with Crippen LogP contribution in [0.5, 0.6) is 5.75 Å². The van der Waals surface area contributed by atoms with Crippen molar-refractivity contribution in [2.45, 2.75) is 43.8 Å². The van der Waals surface area contributed by atoms with E-state index in [2.05, 4.69) is 53.9 Å². The van der Waals surface area contributed by atoms with Crippen LogP contribution in [0.25, 0.3) is 10.9 Å². The van der Waals surface area contributed by atoms with Crippen molar-refractivity contribution in [1.82, 2.24) is 14.7 Å². The first-order valence-corrected chi connectivity index (χ1v) is 14.6. The van der Waals surface area contributed by atoms with E-state index in [0.29, 0.717) is 10.7 Å². The van der Waals surface area contributed by atoms with E-state index in [9.17, 15) is 4.21 Å². The maximum Gasteiger partial charge on any atom is 0.141 e. The first-order valence-electron chi connectivity index (χ1n) is 10.1. The van der Waals surface area contributed by atoms with Crippen LogP contribution in [-0.2, 0) is 9.92 Å². The average molecular weight is 458 g/mol. The number of benzene rings is 2. The van der Waals surface area contributed by atoms with E-state index < -0.39 is 18.0 Å². The molecule has 31 heavy (non-hydrogen) atoms. The van der Waals surface area contributed by atoms with Crippen molar-refractivity contribution >= 4 is 45.6 Å². The van der Waals surface area contributed by atoms with Crippen molar-refractivity contribution in [1.29, 1.82) is 4.78 Å². The molecule has 3 aromatic rings. The number of rotatable bonds is 6. The van der Waals surface area contributed by atoms with Gasteiger partial charge in [-0.25, -0.2) is 23.7 Å². The van der Waals surface area contributed by atoms with Crippen LogP contribution in [0.15, 0.2) is 47.6 Å². The summed E-state index contributed by atoms with van der Waals surface area (Å²) in [4.78, 5) is 9.33. The summed E-state index contributed by atoms with van der Waals surface area (Å²) in [5, 5.41) is 5.29. The van der Waals surface area contributed by atoms with Gasteiger partial charge in [0.1, 0.15) is 27.8 Å². The normalized spacial score (nSPS) is 14.3. The summed E-state index contributed by atoms with van der Waals surface area (Å²) in [6.07, 6.45) is 1.52. The van der Waals surface area contributed by atoms with Crippen LogP contribution in [0.2, 0.25) is 18.1 Å². The predicted molar refractivity (Wildman–Crippen MR) is 131 cm³/mol. The van der Waals surface area contributed by atoms with Gasteiger partial charge in [0.25, 0.3) is 0 Å². The Balaban J connectivity index is 2.14. The fourth-order valence-electron chi connectivity index (χ4n) is 3.26. The van der Waals surface area contributed by atoms with Crippen LogP contribution >= 0.6 is 0 Å². The fraction of sp³-hybridized carbons (Fsp3) is 0.364. The Kier molecular flexibility index (Phi) is 6.14. The third-order valence-corrected chi connectivity index (χ3v) is 13.5. The van der Waals surface area contributed by atoms with Gasteiger partial charge < -0.3 is 10.1 Å². The Morgan fingerprint density at radius 1 is 1.10 bits per heavy atom. The maximum absolute atomic E-state index is 13.0. The molecule has 2 aromatic carbocycles. The van der Waals surface area contributed by atoms with Gasteiger partial charge in [-0.1, -0.05) is 33.9 Å². The number of methoxy groups -OCH3 is 1. The van der Waals surface area contributed by atoms with E-state index in [1.54, 1.807) is 20.2 Å². The molecule has 1 atom stereocenters. The molecule has 0 aliphatic heterocycles. The number of nitrogens with one attached hydrogen (secondary N) is 3. The van der Waals surface area contributed by atoms with Gasteiger partial charge in [-0.2, -0.15) is 0 Å². The molecule has 0 radical (unpaired) electrons. The summed E-state index contributed by atoms with van der Waals surface area (Å²) < 4.78 is 29.3. The van der Waals surface area contributed by atoms with Crippen molar-refractivity contribution < 1.29 is 8.95 Å². The highest BCUT2D eigenvalue weighted by Gasteiger charge is 2.39. The molecule has 0 fully saturated rings. The zero-order valence-corrected chi connectivity index (χ0v) is 21.0. The number of fused-ring (bicyclic) bond motifs is 1. The van der Waals surface area contributed by atoms with Crippen LogP contribution < -0.4 is 20.0 Å². The highest BCUT2D eigenvalue weighted by molar-refractivity contribution is 7.90. The molecule has 3 N–H and O–H groups in total. The van der Waals surface area contributed by atoms with Gasteiger partial charge in [-0.15, -0.1) is 0 Å². The van der Waals surface area contributed by atoms with Crippen molar-refractivity contribution in [3.63, 3.8) is 0 Å². The van der Waals surface area contributed by atoms with E-state index in [1.165, 1.54) is 6.33 Å². The Morgan fingerprint density at radius 2 is 1.81 bits per heavy atom. The van der Waals surface area contributed by atoms with Gasteiger partial charge in [0.05, 0.1) is 25.6 Å². The zero-order valence-electron chi connectivity index (χ0n) is 19.2. The summed E-state index contributed by atoms with van der Waals surface area (Å²) in [7, 11) is -1.99. The van der Waals surface area contributed by atoms with E-state index in [4.69, 9.17) is 9.52 Å². The molecule has 0 saturated carbocycles. The lowest BCUT2D eigenvalue weighted by atomic mass is 10.2. The van der Waals surface area contributed by atoms with Crippen LogP contribution in [0.3, 0.4) is 0 Å². The first kappa shape index (κ1) is 23.2. The number of ether oxygens (including phenoxy) is 1. The molecule has 0 aliphatic carbocycles. The largest absolute Gasteiger partial charge is 0.497 e. The molecular weight excluding hydrogens is 426 g/mol. The molecule has 0 spiro atoms. The Labute approximate surface area is 185 Å². The topological polar surface area (TPSA) is 100.0 Å². The van der Waals surface area contributed by atoms with E-state index in [0.717, 1.165) is 27.5 Å². The highest BCUT2D eigenvalue weighted by Crippen LogP contribution is 2.37. The van der Waals surface area contributed by atoms with Crippen molar-refractivity contribution in [3.05, 3.63) is 42.7 Å². The number of hydrogen-bond donors (Lipinski definition) is 3. The molecule has 9 heteroatoms. The van der Waals surface area contributed by atoms with Crippen molar-refractivity contribution in [2.75, 3.05) is 19.5 Å². The molecule has 0 saturated heterocycles. The lowest BCUT2D eigenvalue weighted by Crippen LogP contribution is -2.51. The van der Waals surface area contributed by atoms with Gasteiger partial charge >= 0.3 is 0 Å². The zero-order chi connectivity index (χ0) is 23.0. The minimum atomic E-state index is -3.09. The fourth-order valence-corrected chi connectivity index (χ4v) is 7.33. The van der Waals surface area contributed by atoms with Gasteiger partial charge in [0.2, 0.25) is 0 Å². The van der Waals surface area contributed by atoms with Crippen LogP contribution in [0.4, 0.5) is 11.5 Å². The lowest BCUT2D eigenvalue weighted by Gasteiger charge is -2.39. The number of aromatic nitrogens is 2. The van der Waals surface area contributed by atoms with Gasteiger partial charge in [-0.05, 0) is 47.6 Å². The third kappa shape index (κ3) is 4.44. The van der Waals surface area contributed by atoms with Crippen molar-refractivity contribution in [2.24, 2.45) is 0 Å². The Bertz CT molecular complexity index is 1220. The summed E-state index contributed by atoms with van der Waals surface area (Å²) in [6.45, 7) is 11.1. The second-order valence-corrected chi connectivity index (χ2v) is 16.3. The SMILES string of the molecule is CNS(=N)(=O)c1ccc(Nc2ncnc3cc(OC)ccc23)cc1[Si](C)(C)C(C)(C)C. The maximum atomic E-state index is 13.0. The molecule has 7 nitrogen and oxygen atoms in total. The molecule has 1 heterocycles. The third-order valence-electron chi connectivity index (χ3n) is 6.23. The van der Waals surface area contributed by atoms with Crippen LogP contribution in [0, 0.1) is 4.78 Å². The Hall–Kier alpha value is -2.49. The summed E-state index contributed by atoms with van der Waals surface area (Å²) in [6, 6.07) is 11.4. The highest BCUT2D eigenvalue weighted by atomic mass is 32.2. The van der Waals surface area contributed by atoms with Crippen LogP contribution in [0.1, 0.15) is 20.8 Å². The van der Waals surface area contributed by atoms with Gasteiger partial charge in [0.15, 0.2) is 0 Å². The molecule has 0 aliphatic rings.